The van der Waals surface area contributed by atoms with E-state index in [9.17, 15) is 23.5 Å². The normalized spacial score (nSPS) is 11.9. The van der Waals surface area contributed by atoms with E-state index >= 15 is 0 Å². The Hall–Kier alpha value is -3.79. The number of esters is 1. The van der Waals surface area contributed by atoms with Crippen LogP contribution in [0.25, 0.3) is 17.3 Å². The Morgan fingerprint density at radius 3 is 2.69 bits per heavy atom. The molecular formula is C22H18F2N2O5S. The molecule has 166 valence electrons. The Morgan fingerprint density at radius 1 is 1.19 bits per heavy atom. The first-order valence-electron chi connectivity index (χ1n) is 9.24. The standard InChI is InChI=1S/C22H18F2N2O5S/c1-12(31-20(28)8-4-13-3-7-18(27)19(9-13)30-2)21(29)26-22-25-17(11-32-22)14-5-6-15(23)16(24)10-14/h3-12,27H,1-2H3,(H,25,26,29)/b8-4+/t12-/m1/s1. The number of amides is 1. The Morgan fingerprint density at radius 2 is 1.97 bits per heavy atom. The molecule has 32 heavy (non-hydrogen) atoms. The van der Waals surface area contributed by atoms with Gasteiger partial charge in [-0.25, -0.2) is 18.6 Å². The number of rotatable bonds is 7. The highest BCUT2D eigenvalue weighted by Crippen LogP contribution is 2.27. The van der Waals surface area contributed by atoms with Crippen molar-refractivity contribution in [2.24, 2.45) is 0 Å². The number of thiazole rings is 1. The molecule has 7 nitrogen and oxygen atoms in total. The molecule has 0 radical (unpaired) electrons. The van der Waals surface area contributed by atoms with E-state index in [1.165, 1.54) is 38.3 Å². The SMILES string of the molecule is COc1cc(/C=C/C(=O)O[C@H](C)C(=O)Nc2nc(-c3ccc(F)c(F)c3)cs2)ccc1O. The number of nitrogens with zero attached hydrogens (tertiary/aromatic N) is 1. The summed E-state index contributed by atoms with van der Waals surface area (Å²) in [7, 11) is 1.40. The molecule has 3 rings (SSSR count). The Balaban J connectivity index is 1.57. The summed E-state index contributed by atoms with van der Waals surface area (Å²) < 4.78 is 36.5. The van der Waals surface area contributed by atoms with Crippen LogP contribution >= 0.6 is 11.3 Å². The molecule has 0 unspecified atom stereocenters. The highest BCUT2D eigenvalue weighted by molar-refractivity contribution is 7.14. The molecule has 0 bridgehead atoms. The summed E-state index contributed by atoms with van der Waals surface area (Å²) in [6.07, 6.45) is 1.47. The van der Waals surface area contributed by atoms with Gasteiger partial charge < -0.3 is 14.6 Å². The van der Waals surface area contributed by atoms with Gasteiger partial charge in [0.1, 0.15) is 0 Å². The molecule has 2 aromatic carbocycles. The fourth-order valence-corrected chi connectivity index (χ4v) is 3.28. The molecule has 0 aliphatic heterocycles. The second-order valence-corrected chi connectivity index (χ2v) is 7.36. The molecule has 0 saturated carbocycles. The molecule has 0 fully saturated rings. The number of aromatic hydroxyl groups is 1. The van der Waals surface area contributed by atoms with E-state index in [0.717, 1.165) is 29.5 Å². The number of aromatic nitrogens is 1. The minimum atomic E-state index is -1.11. The minimum absolute atomic E-state index is 0.0348. The minimum Gasteiger partial charge on any atom is -0.504 e. The number of nitrogens with one attached hydrogen (secondary N) is 1. The van der Waals surface area contributed by atoms with E-state index in [-0.39, 0.29) is 16.6 Å². The zero-order valence-electron chi connectivity index (χ0n) is 17.0. The predicted molar refractivity (Wildman–Crippen MR) is 115 cm³/mol. The molecule has 1 aromatic heterocycles. The lowest BCUT2D eigenvalue weighted by molar-refractivity contribution is -0.148. The van der Waals surface area contributed by atoms with Crippen molar-refractivity contribution in [1.82, 2.24) is 4.98 Å². The molecule has 1 atom stereocenters. The monoisotopic (exact) mass is 460 g/mol. The number of phenolic OH excluding ortho intramolecular Hbond substituents is 1. The third-order valence-electron chi connectivity index (χ3n) is 4.23. The summed E-state index contributed by atoms with van der Waals surface area (Å²) in [6, 6.07) is 7.90. The van der Waals surface area contributed by atoms with Gasteiger partial charge in [0.25, 0.3) is 5.91 Å². The molecule has 0 saturated heterocycles. The summed E-state index contributed by atoms with van der Waals surface area (Å²) in [5.41, 5.74) is 1.30. The zero-order chi connectivity index (χ0) is 23.3. The van der Waals surface area contributed by atoms with Crippen molar-refractivity contribution in [3.05, 3.63) is 65.1 Å². The Labute approximate surface area is 185 Å². The van der Waals surface area contributed by atoms with E-state index in [1.807, 2.05) is 0 Å². The molecule has 3 aromatic rings. The van der Waals surface area contributed by atoms with E-state index in [0.29, 0.717) is 16.8 Å². The largest absolute Gasteiger partial charge is 0.504 e. The maximum atomic E-state index is 13.4. The van der Waals surface area contributed by atoms with Crippen molar-refractivity contribution in [1.29, 1.82) is 0 Å². The first kappa shape index (κ1) is 22.9. The second kappa shape index (κ2) is 10.0. The van der Waals surface area contributed by atoms with Crippen molar-refractivity contribution in [2.45, 2.75) is 13.0 Å². The summed E-state index contributed by atoms with van der Waals surface area (Å²) in [4.78, 5) is 28.5. The van der Waals surface area contributed by atoms with Crippen molar-refractivity contribution in [3.63, 3.8) is 0 Å². The third kappa shape index (κ3) is 5.67. The lowest BCUT2D eigenvalue weighted by atomic mass is 10.2. The number of halogens is 2. The molecule has 1 amide bonds. The first-order chi connectivity index (χ1) is 15.3. The van der Waals surface area contributed by atoms with Gasteiger partial charge in [0.05, 0.1) is 12.8 Å². The van der Waals surface area contributed by atoms with Gasteiger partial charge in [-0.15, -0.1) is 11.3 Å². The molecule has 1 heterocycles. The third-order valence-corrected chi connectivity index (χ3v) is 4.99. The van der Waals surface area contributed by atoms with E-state index < -0.39 is 29.6 Å². The van der Waals surface area contributed by atoms with Crippen LogP contribution in [0.3, 0.4) is 0 Å². The van der Waals surface area contributed by atoms with Gasteiger partial charge in [0.15, 0.2) is 34.4 Å². The number of methoxy groups -OCH3 is 1. The molecule has 0 spiro atoms. The van der Waals surface area contributed by atoms with Crippen molar-refractivity contribution >= 4 is 34.4 Å². The molecule has 0 aliphatic carbocycles. The van der Waals surface area contributed by atoms with Gasteiger partial charge >= 0.3 is 5.97 Å². The number of benzene rings is 2. The number of carbonyl (C=O) groups is 2. The van der Waals surface area contributed by atoms with Crippen LogP contribution in [0.15, 0.2) is 47.9 Å². The van der Waals surface area contributed by atoms with Gasteiger partial charge in [-0.1, -0.05) is 6.07 Å². The summed E-state index contributed by atoms with van der Waals surface area (Å²) in [5, 5.41) is 13.9. The van der Waals surface area contributed by atoms with E-state index in [2.05, 4.69) is 10.3 Å². The number of hydrogen-bond acceptors (Lipinski definition) is 7. The van der Waals surface area contributed by atoms with Gasteiger partial charge in [-0.2, -0.15) is 0 Å². The topological polar surface area (TPSA) is 97.8 Å². The molecule has 10 heteroatoms. The van der Waals surface area contributed by atoms with Crippen molar-refractivity contribution < 1.29 is 33.0 Å². The zero-order valence-corrected chi connectivity index (χ0v) is 17.8. The highest BCUT2D eigenvalue weighted by atomic mass is 32.1. The van der Waals surface area contributed by atoms with Gasteiger partial charge in [0.2, 0.25) is 0 Å². The number of anilines is 1. The average Bonchev–Trinajstić information content (AvgIpc) is 3.23. The maximum absolute atomic E-state index is 13.4. The number of ether oxygens (including phenoxy) is 2. The fraction of sp³-hybridized carbons (Fsp3) is 0.136. The second-order valence-electron chi connectivity index (χ2n) is 6.50. The van der Waals surface area contributed by atoms with Gasteiger partial charge in [0, 0.05) is 17.0 Å². The van der Waals surface area contributed by atoms with Crippen LogP contribution in [0.1, 0.15) is 12.5 Å². The van der Waals surface area contributed by atoms with Crippen LogP contribution in [-0.2, 0) is 14.3 Å². The summed E-state index contributed by atoms with van der Waals surface area (Å²) in [5.74, 6) is -3.11. The number of carbonyl (C=O) groups excluding carboxylic acids is 2. The fourth-order valence-electron chi connectivity index (χ4n) is 2.56. The Bertz CT molecular complexity index is 1180. The van der Waals surface area contributed by atoms with Crippen molar-refractivity contribution in [2.75, 3.05) is 12.4 Å². The van der Waals surface area contributed by atoms with E-state index in [1.54, 1.807) is 11.4 Å². The van der Waals surface area contributed by atoms with Crippen LogP contribution in [0.4, 0.5) is 13.9 Å². The first-order valence-corrected chi connectivity index (χ1v) is 10.1. The van der Waals surface area contributed by atoms with Crippen LogP contribution in [0.5, 0.6) is 11.5 Å². The predicted octanol–water partition coefficient (Wildman–Crippen LogP) is 4.39. The van der Waals surface area contributed by atoms with Crippen LogP contribution in [-0.4, -0.2) is 35.2 Å². The number of hydrogen-bond donors (Lipinski definition) is 2. The average molecular weight is 460 g/mol. The molecule has 0 aliphatic rings. The Kier molecular flexibility index (Phi) is 7.16. The molecule has 2 N–H and O–H groups in total. The van der Waals surface area contributed by atoms with Gasteiger partial charge in [-0.05, 0) is 48.9 Å². The lowest BCUT2D eigenvalue weighted by Crippen LogP contribution is -2.29. The summed E-state index contributed by atoms with van der Waals surface area (Å²) >= 11 is 1.09. The van der Waals surface area contributed by atoms with Crippen LogP contribution in [0, 0.1) is 11.6 Å². The summed E-state index contributed by atoms with van der Waals surface area (Å²) in [6.45, 7) is 1.40. The van der Waals surface area contributed by atoms with Gasteiger partial charge in [-0.3, -0.25) is 10.1 Å². The van der Waals surface area contributed by atoms with E-state index in [4.69, 9.17) is 9.47 Å². The van der Waals surface area contributed by atoms with Crippen LogP contribution < -0.4 is 10.1 Å². The lowest BCUT2D eigenvalue weighted by Gasteiger charge is -2.10. The highest BCUT2D eigenvalue weighted by Gasteiger charge is 2.18. The van der Waals surface area contributed by atoms with Crippen LogP contribution in [0.2, 0.25) is 0 Å². The molecular weight excluding hydrogens is 442 g/mol. The smallest absolute Gasteiger partial charge is 0.331 e. The quantitative estimate of drug-likeness (QED) is 0.401. The van der Waals surface area contributed by atoms with Crippen molar-refractivity contribution in [3.8, 4) is 22.8 Å². The number of phenols is 1. The maximum Gasteiger partial charge on any atom is 0.331 e.